The lowest BCUT2D eigenvalue weighted by atomic mass is 10.2. The van der Waals surface area contributed by atoms with Gasteiger partial charge in [-0.15, -0.1) is 0 Å². The van der Waals surface area contributed by atoms with E-state index in [1.54, 1.807) is 0 Å². The fraction of sp³-hybridized carbons (Fsp3) is 0.143. The molecule has 0 amide bonds. The molecule has 0 saturated heterocycles. The molecule has 6 heteroatoms. The van der Waals surface area contributed by atoms with E-state index in [0.717, 1.165) is 6.07 Å². The number of anilines is 1. The van der Waals surface area contributed by atoms with Crippen molar-refractivity contribution in [3.63, 3.8) is 0 Å². The van der Waals surface area contributed by atoms with Gasteiger partial charge in [0.1, 0.15) is 0 Å². The van der Waals surface area contributed by atoms with Crippen LogP contribution in [0.3, 0.4) is 0 Å². The lowest BCUT2D eigenvalue weighted by Crippen LogP contribution is -2.09. The zero-order chi connectivity index (χ0) is 10.2. The predicted molar refractivity (Wildman–Crippen MR) is 48.6 cm³/mol. The van der Waals surface area contributed by atoms with E-state index < -0.39 is 17.4 Å². The summed E-state index contributed by atoms with van der Waals surface area (Å²) in [7, 11) is 0. The van der Waals surface area contributed by atoms with E-state index in [-0.39, 0.29) is 9.50 Å². The number of nitrogens with two attached hydrogens (primary N) is 1. The molecule has 1 rings (SSSR count). The summed E-state index contributed by atoms with van der Waals surface area (Å²) in [6.07, 6.45) is -4.47. The molecule has 0 bridgehead atoms. The van der Waals surface area contributed by atoms with Gasteiger partial charge in [0.05, 0.1) is 16.3 Å². The number of rotatable bonds is 0. The van der Waals surface area contributed by atoms with Crippen LogP contribution in [0.5, 0.6) is 0 Å². The molecule has 2 N–H and O–H groups in total. The minimum Gasteiger partial charge on any atom is -0.397 e. The van der Waals surface area contributed by atoms with E-state index in [1.165, 1.54) is 6.07 Å². The molecule has 1 aromatic rings. The highest BCUT2D eigenvalue weighted by atomic mass is 79.9. The molecule has 0 fully saturated rings. The number of halogens is 5. The van der Waals surface area contributed by atoms with Crippen LogP contribution in [0.2, 0.25) is 5.02 Å². The Labute approximate surface area is 85.8 Å². The molecule has 72 valence electrons. The van der Waals surface area contributed by atoms with Crippen LogP contribution in [0.25, 0.3) is 0 Å². The molecule has 13 heavy (non-hydrogen) atoms. The van der Waals surface area contributed by atoms with E-state index in [0.29, 0.717) is 0 Å². The normalized spacial score (nSPS) is 11.8. The third kappa shape index (κ3) is 2.28. The van der Waals surface area contributed by atoms with Gasteiger partial charge in [-0.1, -0.05) is 27.5 Å². The van der Waals surface area contributed by atoms with Gasteiger partial charge in [0.2, 0.25) is 0 Å². The Morgan fingerprint density at radius 1 is 1.31 bits per heavy atom. The molecule has 0 saturated carbocycles. The van der Waals surface area contributed by atoms with Crippen molar-refractivity contribution in [3.05, 3.63) is 27.2 Å². The van der Waals surface area contributed by atoms with E-state index in [1.807, 2.05) is 0 Å². The van der Waals surface area contributed by atoms with Crippen molar-refractivity contribution in [3.8, 4) is 0 Å². The second-order valence-electron chi connectivity index (χ2n) is 2.35. The monoisotopic (exact) mass is 273 g/mol. The first-order valence-corrected chi connectivity index (χ1v) is 4.31. The second kappa shape index (κ2) is 3.38. The quantitative estimate of drug-likeness (QED) is 0.717. The topological polar surface area (TPSA) is 26.0 Å². The average molecular weight is 274 g/mol. The Hall–Kier alpha value is -0.420. The molecule has 0 aromatic heterocycles. The highest BCUT2D eigenvalue weighted by Crippen LogP contribution is 2.38. The van der Waals surface area contributed by atoms with E-state index >= 15 is 0 Å². The smallest absolute Gasteiger partial charge is 0.397 e. The van der Waals surface area contributed by atoms with Crippen molar-refractivity contribution < 1.29 is 13.2 Å². The predicted octanol–water partition coefficient (Wildman–Crippen LogP) is 3.70. The second-order valence-corrected chi connectivity index (χ2v) is 3.67. The first kappa shape index (κ1) is 10.7. The van der Waals surface area contributed by atoms with Crippen LogP contribution in [0, 0.1) is 0 Å². The lowest BCUT2D eigenvalue weighted by Gasteiger charge is -2.11. The molecule has 0 atom stereocenters. The third-order valence-electron chi connectivity index (χ3n) is 1.40. The number of hydrogen-bond acceptors (Lipinski definition) is 1. The van der Waals surface area contributed by atoms with Crippen LogP contribution in [0.15, 0.2) is 16.6 Å². The lowest BCUT2D eigenvalue weighted by molar-refractivity contribution is -0.136. The molecule has 0 heterocycles. The summed E-state index contributed by atoms with van der Waals surface area (Å²) >= 11 is 8.37. The highest BCUT2D eigenvalue weighted by Gasteiger charge is 2.34. The molecule has 1 aromatic carbocycles. The molecular formula is C7H4BrClF3N. The van der Waals surface area contributed by atoms with Crippen LogP contribution in [-0.2, 0) is 6.18 Å². The molecular weight excluding hydrogens is 270 g/mol. The summed E-state index contributed by atoms with van der Waals surface area (Å²) in [5.41, 5.74) is 3.79. The minimum absolute atomic E-state index is 0.110. The Morgan fingerprint density at radius 2 is 1.85 bits per heavy atom. The summed E-state index contributed by atoms with van der Waals surface area (Å²) in [5.74, 6) is 0. The SMILES string of the molecule is Nc1c(Cl)cc(Br)cc1C(F)(F)F. The maximum atomic E-state index is 12.2. The van der Waals surface area contributed by atoms with E-state index in [2.05, 4.69) is 15.9 Å². The first-order chi connectivity index (χ1) is 5.82. The largest absolute Gasteiger partial charge is 0.418 e. The van der Waals surface area contributed by atoms with Crippen molar-refractivity contribution in [1.82, 2.24) is 0 Å². The molecule has 0 aliphatic heterocycles. The van der Waals surface area contributed by atoms with Crippen molar-refractivity contribution in [2.75, 3.05) is 5.73 Å². The van der Waals surface area contributed by atoms with Crippen LogP contribution in [0.4, 0.5) is 18.9 Å². The molecule has 0 aliphatic carbocycles. The van der Waals surface area contributed by atoms with Crippen LogP contribution in [0.1, 0.15) is 5.56 Å². The number of hydrogen-bond donors (Lipinski definition) is 1. The standard InChI is InChI=1S/C7H4BrClF3N/c8-3-1-4(7(10,11)12)6(13)5(9)2-3/h1-2H,13H2. The molecule has 0 unspecified atom stereocenters. The summed E-state index contributed by atoms with van der Waals surface area (Å²) in [5, 5.41) is -0.110. The van der Waals surface area contributed by atoms with Crippen molar-refractivity contribution in [1.29, 1.82) is 0 Å². The maximum absolute atomic E-state index is 12.2. The van der Waals surface area contributed by atoms with Gasteiger partial charge in [-0.25, -0.2) is 0 Å². The van der Waals surface area contributed by atoms with Crippen LogP contribution >= 0.6 is 27.5 Å². The Morgan fingerprint density at radius 3 is 2.31 bits per heavy atom. The summed E-state index contributed by atoms with van der Waals surface area (Å²) in [6.45, 7) is 0. The summed E-state index contributed by atoms with van der Waals surface area (Å²) in [4.78, 5) is 0. The van der Waals surface area contributed by atoms with Crippen molar-refractivity contribution in [2.45, 2.75) is 6.18 Å². The Bertz CT molecular complexity index is 337. The first-order valence-electron chi connectivity index (χ1n) is 3.14. The zero-order valence-corrected chi connectivity index (χ0v) is 8.46. The van der Waals surface area contributed by atoms with Crippen molar-refractivity contribution in [2.24, 2.45) is 0 Å². The Kier molecular flexibility index (Phi) is 2.77. The van der Waals surface area contributed by atoms with Gasteiger partial charge in [-0.05, 0) is 12.1 Å². The molecule has 0 aliphatic rings. The third-order valence-corrected chi connectivity index (χ3v) is 2.17. The average Bonchev–Trinajstić information content (AvgIpc) is 1.94. The minimum atomic E-state index is -4.47. The fourth-order valence-electron chi connectivity index (χ4n) is 0.819. The van der Waals surface area contributed by atoms with E-state index in [9.17, 15) is 13.2 Å². The van der Waals surface area contributed by atoms with Gasteiger partial charge in [-0.2, -0.15) is 13.2 Å². The zero-order valence-electron chi connectivity index (χ0n) is 6.12. The van der Waals surface area contributed by atoms with E-state index in [4.69, 9.17) is 17.3 Å². The van der Waals surface area contributed by atoms with Crippen LogP contribution in [-0.4, -0.2) is 0 Å². The van der Waals surface area contributed by atoms with Gasteiger partial charge >= 0.3 is 6.18 Å². The van der Waals surface area contributed by atoms with Crippen LogP contribution < -0.4 is 5.73 Å². The Balaban J connectivity index is 3.37. The van der Waals surface area contributed by atoms with Gasteiger partial charge in [0.15, 0.2) is 0 Å². The highest BCUT2D eigenvalue weighted by molar-refractivity contribution is 9.10. The fourth-order valence-corrected chi connectivity index (χ4v) is 1.63. The summed E-state index contributed by atoms with van der Waals surface area (Å²) < 4.78 is 37.0. The number of nitrogen functional groups attached to an aromatic ring is 1. The van der Waals surface area contributed by atoms with Gasteiger partial charge in [0.25, 0.3) is 0 Å². The molecule has 0 spiro atoms. The maximum Gasteiger partial charge on any atom is 0.418 e. The van der Waals surface area contributed by atoms with Gasteiger partial charge in [-0.3, -0.25) is 0 Å². The summed E-state index contributed by atoms with van der Waals surface area (Å²) in [6, 6.07) is 2.20. The number of alkyl halides is 3. The van der Waals surface area contributed by atoms with Gasteiger partial charge < -0.3 is 5.73 Å². The number of benzene rings is 1. The van der Waals surface area contributed by atoms with Crippen molar-refractivity contribution >= 4 is 33.2 Å². The molecule has 1 nitrogen and oxygen atoms in total. The van der Waals surface area contributed by atoms with Gasteiger partial charge in [0, 0.05) is 4.47 Å². The molecule has 0 radical (unpaired) electrons.